The number of benzene rings is 1. The van der Waals surface area contributed by atoms with Gasteiger partial charge in [-0.3, -0.25) is 14.5 Å². The van der Waals surface area contributed by atoms with Gasteiger partial charge >= 0.3 is 0 Å². The van der Waals surface area contributed by atoms with Gasteiger partial charge in [-0.05, 0) is 37.5 Å². The van der Waals surface area contributed by atoms with Crippen LogP contribution < -0.4 is 10.6 Å². The van der Waals surface area contributed by atoms with Crippen LogP contribution in [0.5, 0.6) is 0 Å². The van der Waals surface area contributed by atoms with Crippen LogP contribution >= 0.6 is 0 Å². The average molecular weight is 268 g/mol. The van der Waals surface area contributed by atoms with Gasteiger partial charge in [-0.25, -0.2) is 0 Å². The number of nitrogens with two attached hydrogens (primary N) is 1. The summed E-state index contributed by atoms with van der Waals surface area (Å²) in [5.41, 5.74) is 6.75. The second-order valence-electron chi connectivity index (χ2n) is 5.28. The van der Waals surface area contributed by atoms with Crippen molar-refractivity contribution >= 4 is 17.5 Å². The maximum absolute atomic E-state index is 12.4. The largest absolute Gasteiger partial charge is 0.320 e. The van der Waals surface area contributed by atoms with Crippen LogP contribution in [0.3, 0.4) is 0 Å². The van der Waals surface area contributed by atoms with Crippen molar-refractivity contribution in [1.82, 2.24) is 0 Å². The van der Waals surface area contributed by atoms with Gasteiger partial charge in [0.15, 0.2) is 0 Å². The maximum Gasteiger partial charge on any atom is 0.236 e. The van der Waals surface area contributed by atoms with E-state index < -0.39 is 0 Å². The van der Waals surface area contributed by atoms with E-state index in [4.69, 9.17) is 5.73 Å². The molecule has 2 bridgehead atoms. The van der Waals surface area contributed by atoms with E-state index in [0.717, 1.165) is 24.8 Å². The van der Waals surface area contributed by atoms with Crippen molar-refractivity contribution in [1.29, 1.82) is 0 Å². The lowest BCUT2D eigenvalue weighted by molar-refractivity contribution is -0.132. The third-order valence-corrected chi connectivity index (χ3v) is 4.01. The van der Waals surface area contributed by atoms with Crippen LogP contribution in [-0.4, -0.2) is 18.4 Å². The SMILES string of the molecule is NCC#Cc1cccc(N2C(=O)C3CCC(C3)C2=O)c1. The Kier molecular flexibility index (Phi) is 3.29. The van der Waals surface area contributed by atoms with E-state index in [1.165, 1.54) is 4.90 Å². The molecule has 0 spiro atoms. The summed E-state index contributed by atoms with van der Waals surface area (Å²) in [6.45, 7) is 0.288. The molecule has 4 nitrogen and oxygen atoms in total. The molecule has 1 aliphatic carbocycles. The molecule has 2 aliphatic rings. The maximum atomic E-state index is 12.4. The van der Waals surface area contributed by atoms with Crippen molar-refractivity contribution in [3.63, 3.8) is 0 Å². The Labute approximate surface area is 117 Å². The van der Waals surface area contributed by atoms with Gasteiger partial charge in [-0.1, -0.05) is 17.9 Å². The third kappa shape index (κ3) is 2.10. The normalized spacial score (nSPS) is 24.6. The molecule has 1 saturated carbocycles. The Morgan fingerprint density at radius 3 is 2.55 bits per heavy atom. The standard InChI is InChI=1S/C16H16N2O2/c17-8-2-4-11-3-1-5-14(9-11)18-15(19)12-6-7-13(10-12)16(18)20/h1,3,5,9,12-13H,6-8,10,17H2. The van der Waals surface area contributed by atoms with E-state index in [-0.39, 0.29) is 30.2 Å². The molecule has 2 amide bonds. The molecular formula is C16H16N2O2. The zero-order valence-electron chi connectivity index (χ0n) is 11.1. The van der Waals surface area contributed by atoms with Gasteiger partial charge in [0.2, 0.25) is 11.8 Å². The number of piperidine rings is 1. The number of carbonyl (C=O) groups excluding carboxylic acids is 2. The number of nitrogens with zero attached hydrogens (tertiary/aromatic N) is 1. The number of anilines is 1. The number of carbonyl (C=O) groups is 2. The van der Waals surface area contributed by atoms with E-state index in [9.17, 15) is 9.59 Å². The summed E-state index contributed by atoms with van der Waals surface area (Å²) in [6.07, 6.45) is 2.39. The summed E-state index contributed by atoms with van der Waals surface area (Å²) in [5.74, 6) is 5.60. The molecule has 3 rings (SSSR count). The number of fused-ring (bicyclic) bond motifs is 2. The zero-order valence-corrected chi connectivity index (χ0v) is 11.1. The van der Waals surface area contributed by atoms with Crippen molar-refractivity contribution < 1.29 is 9.59 Å². The fourth-order valence-electron chi connectivity index (χ4n) is 3.03. The number of amides is 2. The lowest BCUT2D eigenvalue weighted by Gasteiger charge is -2.29. The highest BCUT2D eigenvalue weighted by atomic mass is 16.2. The molecule has 2 N–H and O–H groups in total. The summed E-state index contributed by atoms with van der Waals surface area (Å²) in [4.78, 5) is 26.1. The fourth-order valence-corrected chi connectivity index (χ4v) is 3.03. The van der Waals surface area contributed by atoms with E-state index in [0.29, 0.717) is 5.69 Å². The van der Waals surface area contributed by atoms with Crippen molar-refractivity contribution in [2.24, 2.45) is 17.6 Å². The first-order valence-corrected chi connectivity index (χ1v) is 6.87. The highest BCUT2D eigenvalue weighted by Crippen LogP contribution is 2.39. The fraction of sp³-hybridized carbons (Fsp3) is 0.375. The van der Waals surface area contributed by atoms with Crippen molar-refractivity contribution in [2.45, 2.75) is 19.3 Å². The third-order valence-electron chi connectivity index (χ3n) is 4.01. The molecule has 1 saturated heterocycles. The topological polar surface area (TPSA) is 63.4 Å². The molecule has 0 radical (unpaired) electrons. The van der Waals surface area contributed by atoms with Gasteiger partial charge in [-0.15, -0.1) is 0 Å². The summed E-state index contributed by atoms with van der Waals surface area (Å²) in [7, 11) is 0. The van der Waals surface area contributed by atoms with Crippen LogP contribution in [0.1, 0.15) is 24.8 Å². The van der Waals surface area contributed by atoms with Crippen LogP contribution in [0.25, 0.3) is 0 Å². The highest BCUT2D eigenvalue weighted by molar-refractivity contribution is 6.18. The van der Waals surface area contributed by atoms with Crippen LogP contribution in [0.15, 0.2) is 24.3 Å². The van der Waals surface area contributed by atoms with E-state index in [2.05, 4.69) is 11.8 Å². The molecule has 2 fully saturated rings. The molecule has 4 heteroatoms. The zero-order chi connectivity index (χ0) is 14.1. The predicted molar refractivity (Wildman–Crippen MR) is 75.7 cm³/mol. The van der Waals surface area contributed by atoms with Crippen molar-refractivity contribution in [2.75, 3.05) is 11.4 Å². The minimum absolute atomic E-state index is 0.0106. The summed E-state index contributed by atoms with van der Waals surface area (Å²) in [5, 5.41) is 0. The van der Waals surface area contributed by atoms with Gasteiger partial charge in [0.1, 0.15) is 0 Å². The molecule has 102 valence electrons. The molecule has 20 heavy (non-hydrogen) atoms. The monoisotopic (exact) mass is 268 g/mol. The minimum atomic E-state index is -0.0623. The Morgan fingerprint density at radius 2 is 1.90 bits per heavy atom. The number of imide groups is 1. The molecular weight excluding hydrogens is 252 g/mol. The van der Waals surface area contributed by atoms with Gasteiger partial charge in [0, 0.05) is 17.4 Å². The van der Waals surface area contributed by atoms with Crippen LogP contribution in [0.4, 0.5) is 5.69 Å². The summed E-state index contributed by atoms with van der Waals surface area (Å²) >= 11 is 0. The van der Waals surface area contributed by atoms with Crippen molar-refractivity contribution in [3.8, 4) is 11.8 Å². The Bertz CT molecular complexity index is 605. The lowest BCUT2D eigenvalue weighted by atomic mass is 9.96. The Balaban J connectivity index is 1.95. The van der Waals surface area contributed by atoms with Gasteiger partial charge in [0.05, 0.1) is 12.2 Å². The van der Waals surface area contributed by atoms with Crippen LogP contribution in [-0.2, 0) is 9.59 Å². The molecule has 1 heterocycles. The molecule has 1 aromatic carbocycles. The van der Waals surface area contributed by atoms with E-state index in [1.54, 1.807) is 12.1 Å². The molecule has 1 aromatic rings. The van der Waals surface area contributed by atoms with Gasteiger partial charge < -0.3 is 5.73 Å². The smallest absolute Gasteiger partial charge is 0.236 e. The quantitative estimate of drug-likeness (QED) is 0.616. The number of hydrogen-bond acceptors (Lipinski definition) is 3. The lowest BCUT2D eigenvalue weighted by Crippen LogP contribution is -2.46. The van der Waals surface area contributed by atoms with Gasteiger partial charge in [0.25, 0.3) is 0 Å². The molecule has 0 aromatic heterocycles. The molecule has 1 aliphatic heterocycles. The van der Waals surface area contributed by atoms with E-state index in [1.807, 2.05) is 12.1 Å². The first-order valence-electron chi connectivity index (χ1n) is 6.87. The molecule has 2 unspecified atom stereocenters. The second-order valence-corrected chi connectivity index (χ2v) is 5.28. The Morgan fingerprint density at radius 1 is 1.20 bits per heavy atom. The van der Waals surface area contributed by atoms with Crippen LogP contribution in [0, 0.1) is 23.7 Å². The predicted octanol–water partition coefficient (Wildman–Crippen LogP) is 1.29. The van der Waals surface area contributed by atoms with Crippen molar-refractivity contribution in [3.05, 3.63) is 29.8 Å². The first kappa shape index (κ1) is 12.9. The molecule has 2 atom stereocenters. The first-order chi connectivity index (χ1) is 9.70. The number of hydrogen-bond donors (Lipinski definition) is 1. The van der Waals surface area contributed by atoms with E-state index >= 15 is 0 Å². The Hall–Kier alpha value is -2.12. The minimum Gasteiger partial charge on any atom is -0.320 e. The summed E-state index contributed by atoms with van der Waals surface area (Å²) in [6, 6.07) is 7.23. The van der Waals surface area contributed by atoms with Gasteiger partial charge in [-0.2, -0.15) is 0 Å². The summed E-state index contributed by atoms with van der Waals surface area (Å²) < 4.78 is 0. The number of rotatable bonds is 1. The van der Waals surface area contributed by atoms with Crippen LogP contribution in [0.2, 0.25) is 0 Å². The highest BCUT2D eigenvalue weighted by Gasteiger charge is 2.45. The second kappa shape index (κ2) is 5.10. The average Bonchev–Trinajstić information content (AvgIpc) is 2.91.